The van der Waals surface area contributed by atoms with Crippen molar-refractivity contribution in [2.75, 3.05) is 12.4 Å². The molecule has 0 unspecified atom stereocenters. The molecular weight excluding hydrogens is 292 g/mol. The molecule has 1 aromatic carbocycles. The number of aromatic nitrogens is 2. The van der Waals surface area contributed by atoms with E-state index >= 15 is 0 Å². The maximum atomic E-state index is 13.9. The van der Waals surface area contributed by atoms with Gasteiger partial charge in [0.05, 0.1) is 10.9 Å². The van der Waals surface area contributed by atoms with Gasteiger partial charge in [-0.1, -0.05) is 6.07 Å². The summed E-state index contributed by atoms with van der Waals surface area (Å²) in [7, 11) is 1.73. The van der Waals surface area contributed by atoms with Crippen LogP contribution in [0.2, 0.25) is 0 Å². The molecule has 0 spiro atoms. The Balaban J connectivity index is 2.35. The van der Waals surface area contributed by atoms with Crippen LogP contribution < -0.4 is 5.32 Å². The normalized spacial score (nSPS) is 11.1. The fourth-order valence-electron chi connectivity index (χ4n) is 2.25. The second kappa shape index (κ2) is 5.04. The summed E-state index contributed by atoms with van der Waals surface area (Å²) >= 11 is 1.49. The van der Waals surface area contributed by atoms with Gasteiger partial charge in [0.1, 0.15) is 22.3 Å². The van der Waals surface area contributed by atoms with E-state index in [-0.39, 0.29) is 11.4 Å². The Morgan fingerprint density at radius 2 is 1.76 bits per heavy atom. The van der Waals surface area contributed by atoms with E-state index in [0.29, 0.717) is 5.82 Å². The molecule has 0 radical (unpaired) electrons. The number of hydrogen-bond acceptors (Lipinski definition) is 4. The molecule has 0 saturated heterocycles. The van der Waals surface area contributed by atoms with Crippen LogP contribution in [0, 0.1) is 25.5 Å². The van der Waals surface area contributed by atoms with Gasteiger partial charge < -0.3 is 5.32 Å². The Morgan fingerprint density at radius 3 is 2.38 bits per heavy atom. The van der Waals surface area contributed by atoms with Gasteiger partial charge in [-0.05, 0) is 31.5 Å². The molecule has 3 rings (SSSR count). The summed E-state index contributed by atoms with van der Waals surface area (Å²) in [4.78, 5) is 10.5. The average molecular weight is 305 g/mol. The van der Waals surface area contributed by atoms with Gasteiger partial charge in [-0.2, -0.15) is 0 Å². The van der Waals surface area contributed by atoms with E-state index in [1.165, 1.54) is 29.5 Å². The lowest BCUT2D eigenvalue weighted by molar-refractivity contribution is 0.587. The van der Waals surface area contributed by atoms with Crippen molar-refractivity contribution in [3.05, 3.63) is 40.3 Å². The van der Waals surface area contributed by atoms with Crippen molar-refractivity contribution in [1.82, 2.24) is 9.97 Å². The van der Waals surface area contributed by atoms with Gasteiger partial charge in [0.15, 0.2) is 5.82 Å². The summed E-state index contributed by atoms with van der Waals surface area (Å²) in [6.07, 6.45) is 0. The Bertz CT molecular complexity index is 822. The highest BCUT2D eigenvalue weighted by Crippen LogP contribution is 2.35. The first-order chi connectivity index (χ1) is 10.0. The van der Waals surface area contributed by atoms with E-state index in [1.807, 2.05) is 13.8 Å². The molecular formula is C15H13F2N3S. The first kappa shape index (κ1) is 13.9. The number of aryl methyl sites for hydroxylation is 2. The van der Waals surface area contributed by atoms with Gasteiger partial charge in [0.25, 0.3) is 0 Å². The number of nitrogens with zero attached hydrogens (tertiary/aromatic N) is 2. The predicted octanol–water partition coefficient (Wildman–Crippen LogP) is 4.30. The highest BCUT2D eigenvalue weighted by atomic mass is 32.1. The van der Waals surface area contributed by atoms with Crippen LogP contribution in [0.25, 0.3) is 21.6 Å². The van der Waals surface area contributed by atoms with Gasteiger partial charge in [0.2, 0.25) is 0 Å². The Kier molecular flexibility index (Phi) is 3.33. The molecule has 3 aromatic rings. The fourth-order valence-corrected chi connectivity index (χ4v) is 3.28. The summed E-state index contributed by atoms with van der Waals surface area (Å²) in [5, 5.41) is 3.89. The van der Waals surface area contributed by atoms with Crippen LogP contribution in [0.3, 0.4) is 0 Å². The molecule has 0 saturated carbocycles. The van der Waals surface area contributed by atoms with Gasteiger partial charge in [-0.25, -0.2) is 18.7 Å². The number of fused-ring (bicyclic) bond motifs is 1. The van der Waals surface area contributed by atoms with Crippen LogP contribution >= 0.6 is 11.3 Å². The first-order valence-corrected chi connectivity index (χ1v) is 7.24. The number of nitrogens with one attached hydrogen (secondary N) is 1. The molecule has 0 atom stereocenters. The first-order valence-electron chi connectivity index (χ1n) is 6.42. The topological polar surface area (TPSA) is 37.8 Å². The minimum absolute atomic E-state index is 0.0590. The second-order valence-electron chi connectivity index (χ2n) is 4.71. The van der Waals surface area contributed by atoms with E-state index in [4.69, 9.17) is 0 Å². The molecule has 2 heterocycles. The molecule has 0 aliphatic heterocycles. The maximum absolute atomic E-state index is 13.9. The highest BCUT2D eigenvalue weighted by Gasteiger charge is 2.19. The van der Waals surface area contributed by atoms with E-state index < -0.39 is 11.6 Å². The lowest BCUT2D eigenvalue weighted by Crippen LogP contribution is -2.00. The zero-order chi connectivity index (χ0) is 15.1. The van der Waals surface area contributed by atoms with E-state index in [1.54, 1.807) is 7.05 Å². The molecule has 1 N–H and O–H groups in total. The van der Waals surface area contributed by atoms with Crippen LogP contribution in [-0.2, 0) is 0 Å². The molecule has 108 valence electrons. The molecule has 0 bridgehead atoms. The third-order valence-electron chi connectivity index (χ3n) is 3.45. The number of anilines is 1. The molecule has 0 aliphatic rings. The Morgan fingerprint density at radius 1 is 1.10 bits per heavy atom. The van der Waals surface area contributed by atoms with Crippen molar-refractivity contribution in [3.63, 3.8) is 0 Å². The molecule has 21 heavy (non-hydrogen) atoms. The number of halogens is 2. The van der Waals surface area contributed by atoms with Crippen LogP contribution in [0.4, 0.5) is 14.6 Å². The SMILES string of the molecule is CNc1nc(-c2c(F)cccc2F)nc2sc(C)c(C)c12. The Hall–Kier alpha value is -2.08. The lowest BCUT2D eigenvalue weighted by Gasteiger charge is -2.08. The van der Waals surface area contributed by atoms with Crippen LogP contribution in [-0.4, -0.2) is 17.0 Å². The molecule has 0 aliphatic carbocycles. The van der Waals surface area contributed by atoms with Gasteiger partial charge in [-0.3, -0.25) is 0 Å². The summed E-state index contributed by atoms with van der Waals surface area (Å²) < 4.78 is 27.8. The van der Waals surface area contributed by atoms with E-state index in [2.05, 4.69) is 15.3 Å². The maximum Gasteiger partial charge on any atom is 0.169 e. The van der Waals surface area contributed by atoms with Crippen LogP contribution in [0.15, 0.2) is 18.2 Å². The van der Waals surface area contributed by atoms with Crippen molar-refractivity contribution in [2.24, 2.45) is 0 Å². The van der Waals surface area contributed by atoms with Crippen LogP contribution in [0.1, 0.15) is 10.4 Å². The number of benzene rings is 1. The number of thiophene rings is 1. The molecule has 0 fully saturated rings. The Labute approximate surface area is 124 Å². The van der Waals surface area contributed by atoms with E-state index in [9.17, 15) is 8.78 Å². The van der Waals surface area contributed by atoms with Gasteiger partial charge >= 0.3 is 0 Å². The average Bonchev–Trinajstić information content (AvgIpc) is 2.73. The lowest BCUT2D eigenvalue weighted by atomic mass is 10.1. The molecule has 0 amide bonds. The zero-order valence-electron chi connectivity index (χ0n) is 11.8. The highest BCUT2D eigenvalue weighted by molar-refractivity contribution is 7.18. The third-order valence-corrected chi connectivity index (χ3v) is 4.55. The van der Waals surface area contributed by atoms with Crippen molar-refractivity contribution in [3.8, 4) is 11.4 Å². The fraction of sp³-hybridized carbons (Fsp3) is 0.200. The van der Waals surface area contributed by atoms with Gasteiger partial charge in [-0.15, -0.1) is 11.3 Å². The van der Waals surface area contributed by atoms with Crippen molar-refractivity contribution in [2.45, 2.75) is 13.8 Å². The molecule has 3 nitrogen and oxygen atoms in total. The smallest absolute Gasteiger partial charge is 0.169 e. The summed E-state index contributed by atoms with van der Waals surface area (Å²) in [5.41, 5.74) is 0.888. The monoisotopic (exact) mass is 305 g/mol. The minimum Gasteiger partial charge on any atom is -0.372 e. The molecule has 6 heteroatoms. The van der Waals surface area contributed by atoms with Gasteiger partial charge in [0, 0.05) is 11.9 Å². The summed E-state index contributed by atoms with van der Waals surface area (Å²) in [6, 6.07) is 3.73. The second-order valence-corrected chi connectivity index (χ2v) is 5.91. The third kappa shape index (κ3) is 2.15. The van der Waals surface area contributed by atoms with Crippen LogP contribution in [0.5, 0.6) is 0 Å². The number of hydrogen-bond donors (Lipinski definition) is 1. The summed E-state index contributed by atoms with van der Waals surface area (Å²) in [5.74, 6) is -0.689. The van der Waals surface area contributed by atoms with Crippen molar-refractivity contribution in [1.29, 1.82) is 0 Å². The predicted molar refractivity (Wildman–Crippen MR) is 81.8 cm³/mol. The quantitative estimate of drug-likeness (QED) is 0.767. The van der Waals surface area contributed by atoms with Crippen molar-refractivity contribution < 1.29 is 8.78 Å². The molecule has 2 aromatic heterocycles. The minimum atomic E-state index is -0.665. The largest absolute Gasteiger partial charge is 0.372 e. The number of rotatable bonds is 2. The summed E-state index contributed by atoms with van der Waals surface area (Å²) in [6.45, 7) is 3.98. The van der Waals surface area contributed by atoms with Crippen molar-refractivity contribution >= 4 is 27.4 Å². The van der Waals surface area contributed by atoms with E-state index in [0.717, 1.165) is 20.7 Å². The zero-order valence-corrected chi connectivity index (χ0v) is 12.6. The standard InChI is InChI=1S/C15H13F2N3S/c1-7-8(2)21-15-11(7)13(18-3)19-14(20-15)12-9(16)5-4-6-10(12)17/h4-6H,1-3H3,(H,18,19,20).